The average molecular weight is 324 g/mol. The van der Waals surface area contributed by atoms with Gasteiger partial charge in [0.1, 0.15) is 0 Å². The van der Waals surface area contributed by atoms with Gasteiger partial charge in [-0.1, -0.05) is 29.8 Å². The van der Waals surface area contributed by atoms with Gasteiger partial charge in [-0.3, -0.25) is 4.79 Å². The van der Waals surface area contributed by atoms with Crippen molar-refractivity contribution in [3.05, 3.63) is 34.9 Å². The SMILES string of the molecule is CC(O)C(O)C1=N[C@]2(c3ccccc3Cl)CCC[C@H](O1)C2=O. The molecule has 2 bridgehead atoms. The molecule has 2 N–H and O–H groups in total. The van der Waals surface area contributed by atoms with Gasteiger partial charge >= 0.3 is 0 Å². The monoisotopic (exact) mass is 323 g/mol. The van der Waals surface area contributed by atoms with Crippen LogP contribution >= 0.6 is 11.6 Å². The summed E-state index contributed by atoms with van der Waals surface area (Å²) in [5.74, 6) is -0.118. The van der Waals surface area contributed by atoms with Gasteiger partial charge in [-0.05, 0) is 32.3 Å². The molecular weight excluding hydrogens is 306 g/mol. The second kappa shape index (κ2) is 5.65. The predicted molar refractivity (Wildman–Crippen MR) is 82.0 cm³/mol. The van der Waals surface area contributed by atoms with E-state index in [9.17, 15) is 15.0 Å². The highest BCUT2D eigenvalue weighted by atomic mass is 35.5. The van der Waals surface area contributed by atoms with Gasteiger partial charge in [0, 0.05) is 10.6 Å². The van der Waals surface area contributed by atoms with Gasteiger partial charge in [0.05, 0.1) is 6.10 Å². The first-order valence-electron chi connectivity index (χ1n) is 7.37. The fourth-order valence-electron chi connectivity index (χ4n) is 3.11. The lowest BCUT2D eigenvalue weighted by Crippen LogP contribution is -2.54. The topological polar surface area (TPSA) is 79.1 Å². The van der Waals surface area contributed by atoms with Crippen LogP contribution in [-0.2, 0) is 15.1 Å². The summed E-state index contributed by atoms with van der Waals surface area (Å²) in [4.78, 5) is 17.2. The van der Waals surface area contributed by atoms with Crippen LogP contribution in [0.25, 0.3) is 0 Å². The Morgan fingerprint density at radius 3 is 2.82 bits per heavy atom. The first-order chi connectivity index (χ1) is 10.5. The number of hydrogen-bond donors (Lipinski definition) is 2. The van der Waals surface area contributed by atoms with Crippen molar-refractivity contribution in [2.45, 2.75) is 50.0 Å². The third-order valence-corrected chi connectivity index (χ3v) is 4.63. The zero-order chi connectivity index (χ0) is 15.9. The van der Waals surface area contributed by atoms with Gasteiger partial charge < -0.3 is 14.9 Å². The van der Waals surface area contributed by atoms with Crippen molar-refractivity contribution in [2.75, 3.05) is 0 Å². The molecule has 0 amide bonds. The number of ether oxygens (including phenoxy) is 1. The molecule has 118 valence electrons. The van der Waals surface area contributed by atoms with E-state index >= 15 is 0 Å². The summed E-state index contributed by atoms with van der Waals surface area (Å²) in [6.45, 7) is 1.45. The summed E-state index contributed by atoms with van der Waals surface area (Å²) in [5.41, 5.74) is -0.491. The van der Waals surface area contributed by atoms with Gasteiger partial charge in [0.15, 0.2) is 17.7 Å². The molecule has 22 heavy (non-hydrogen) atoms. The van der Waals surface area contributed by atoms with Crippen LogP contribution < -0.4 is 0 Å². The van der Waals surface area contributed by atoms with Crippen LogP contribution in [0.1, 0.15) is 31.7 Å². The van der Waals surface area contributed by atoms with Gasteiger partial charge in [-0.2, -0.15) is 0 Å². The quantitative estimate of drug-likeness (QED) is 0.889. The third-order valence-electron chi connectivity index (χ3n) is 4.30. The lowest BCUT2D eigenvalue weighted by Gasteiger charge is -2.42. The van der Waals surface area contributed by atoms with E-state index in [4.69, 9.17) is 16.3 Å². The smallest absolute Gasteiger partial charge is 0.217 e. The summed E-state index contributed by atoms with van der Waals surface area (Å²) in [6.07, 6.45) is -1.05. The Balaban J connectivity index is 2.15. The van der Waals surface area contributed by atoms with Gasteiger partial charge in [-0.25, -0.2) is 4.99 Å². The van der Waals surface area contributed by atoms with Crippen molar-refractivity contribution in [1.29, 1.82) is 0 Å². The van der Waals surface area contributed by atoms with Crippen LogP contribution in [0.15, 0.2) is 29.3 Å². The molecular formula is C16H18ClNO4. The number of aliphatic hydroxyl groups excluding tert-OH is 2. The van der Waals surface area contributed by atoms with Crippen LogP contribution in [0.2, 0.25) is 5.02 Å². The molecule has 0 aromatic heterocycles. The fourth-order valence-corrected chi connectivity index (χ4v) is 3.41. The Labute approximate surface area is 133 Å². The maximum Gasteiger partial charge on any atom is 0.217 e. The fraction of sp³-hybridized carbons (Fsp3) is 0.500. The lowest BCUT2D eigenvalue weighted by molar-refractivity contribution is -0.138. The van der Waals surface area contributed by atoms with Gasteiger partial charge in [0.2, 0.25) is 11.7 Å². The Morgan fingerprint density at radius 1 is 1.41 bits per heavy atom. The van der Waals surface area contributed by atoms with Crippen molar-refractivity contribution in [3.63, 3.8) is 0 Å². The highest BCUT2D eigenvalue weighted by molar-refractivity contribution is 6.32. The Kier molecular flexibility index (Phi) is 3.97. The normalized spacial score (nSPS) is 30.3. The summed E-state index contributed by atoms with van der Waals surface area (Å²) >= 11 is 6.28. The van der Waals surface area contributed by atoms with Crippen LogP contribution in [0.4, 0.5) is 0 Å². The number of fused-ring (bicyclic) bond motifs is 2. The number of carbonyl (C=O) groups is 1. The molecule has 1 aliphatic heterocycles. The first kappa shape index (κ1) is 15.5. The van der Waals surface area contributed by atoms with E-state index in [1.807, 2.05) is 6.07 Å². The molecule has 1 saturated carbocycles. The minimum atomic E-state index is -1.25. The molecule has 2 aliphatic rings. The molecule has 0 radical (unpaired) electrons. The maximum atomic E-state index is 12.8. The predicted octanol–water partition coefficient (Wildman–Crippen LogP) is 1.83. The zero-order valence-corrected chi connectivity index (χ0v) is 13.0. The summed E-state index contributed by atoms with van der Waals surface area (Å²) in [7, 11) is 0. The van der Waals surface area contributed by atoms with E-state index in [1.165, 1.54) is 6.92 Å². The van der Waals surface area contributed by atoms with E-state index in [0.717, 1.165) is 6.42 Å². The largest absolute Gasteiger partial charge is 0.468 e. The molecule has 3 rings (SSSR count). The van der Waals surface area contributed by atoms with Crippen LogP contribution in [0.5, 0.6) is 0 Å². The molecule has 1 aromatic rings. The second-order valence-electron chi connectivity index (χ2n) is 5.84. The van der Waals surface area contributed by atoms with Crippen molar-refractivity contribution in [1.82, 2.24) is 0 Å². The number of aliphatic hydroxyl groups is 2. The molecule has 5 nitrogen and oxygen atoms in total. The molecule has 1 aliphatic carbocycles. The molecule has 2 unspecified atom stereocenters. The average Bonchev–Trinajstić information content (AvgIpc) is 2.47. The minimum Gasteiger partial charge on any atom is -0.468 e. The van der Waals surface area contributed by atoms with Crippen molar-refractivity contribution < 1.29 is 19.7 Å². The van der Waals surface area contributed by atoms with Crippen LogP contribution in [0, 0.1) is 0 Å². The molecule has 0 saturated heterocycles. The third kappa shape index (κ3) is 2.33. The number of ketones is 1. The van der Waals surface area contributed by atoms with Gasteiger partial charge in [0.25, 0.3) is 0 Å². The Morgan fingerprint density at radius 2 is 2.14 bits per heavy atom. The standard InChI is InChI=1S/C16H18ClNO4/c1-9(19)13(20)15-18-16(10-5-2-3-6-11(10)17)8-4-7-12(22-15)14(16)21/h2-3,5-6,9,12-13,19-20H,4,7-8H2,1H3/t9?,12-,13?,16-/m0/s1. The lowest BCUT2D eigenvalue weighted by atomic mass is 9.73. The van der Waals surface area contributed by atoms with E-state index < -0.39 is 23.9 Å². The highest BCUT2D eigenvalue weighted by Crippen LogP contribution is 2.44. The highest BCUT2D eigenvalue weighted by Gasteiger charge is 2.52. The molecule has 1 fully saturated rings. The van der Waals surface area contributed by atoms with Crippen LogP contribution in [0.3, 0.4) is 0 Å². The zero-order valence-electron chi connectivity index (χ0n) is 12.2. The first-order valence-corrected chi connectivity index (χ1v) is 7.75. The number of halogens is 1. The van der Waals surface area contributed by atoms with E-state index in [1.54, 1.807) is 18.2 Å². The van der Waals surface area contributed by atoms with Crippen molar-refractivity contribution >= 4 is 23.3 Å². The minimum absolute atomic E-state index is 0.0132. The number of aliphatic imine (C=N–C) groups is 1. The van der Waals surface area contributed by atoms with Crippen molar-refractivity contribution in [3.8, 4) is 0 Å². The number of carbonyl (C=O) groups excluding carboxylic acids is 1. The number of nitrogens with zero attached hydrogens (tertiary/aromatic N) is 1. The van der Waals surface area contributed by atoms with E-state index in [0.29, 0.717) is 23.4 Å². The summed E-state index contributed by atoms with van der Waals surface area (Å²) in [6, 6.07) is 7.10. The number of Topliss-reactive ketones (excluding diaryl/α,β-unsaturated/α-hetero) is 1. The molecule has 1 aromatic carbocycles. The molecule has 1 heterocycles. The number of hydrogen-bond acceptors (Lipinski definition) is 5. The van der Waals surface area contributed by atoms with Crippen LogP contribution in [-0.4, -0.2) is 40.2 Å². The van der Waals surface area contributed by atoms with E-state index in [2.05, 4.69) is 4.99 Å². The summed E-state index contributed by atoms with van der Waals surface area (Å²) in [5, 5.41) is 20.1. The Hall–Kier alpha value is -1.43. The van der Waals surface area contributed by atoms with E-state index in [-0.39, 0.29) is 11.7 Å². The molecule has 0 spiro atoms. The summed E-state index contributed by atoms with van der Waals surface area (Å²) < 4.78 is 5.53. The van der Waals surface area contributed by atoms with Crippen molar-refractivity contribution in [2.24, 2.45) is 4.99 Å². The molecule has 4 atom stereocenters. The number of rotatable bonds is 3. The second-order valence-corrected chi connectivity index (χ2v) is 6.25. The van der Waals surface area contributed by atoms with Gasteiger partial charge in [-0.15, -0.1) is 0 Å². The molecule has 6 heteroatoms. The number of benzene rings is 1. The maximum absolute atomic E-state index is 12.8. The Bertz CT molecular complexity index is 630.